The van der Waals surface area contributed by atoms with Gasteiger partial charge < -0.3 is 10.1 Å². The van der Waals surface area contributed by atoms with E-state index >= 15 is 0 Å². The average Bonchev–Trinajstić information content (AvgIpc) is 2.88. The van der Waals surface area contributed by atoms with Gasteiger partial charge in [0, 0.05) is 12.1 Å². The molecule has 1 amide bonds. The molecule has 23 heavy (non-hydrogen) atoms. The molecule has 4 nitrogen and oxygen atoms in total. The van der Waals surface area contributed by atoms with Gasteiger partial charge in [-0.3, -0.25) is 4.90 Å². The van der Waals surface area contributed by atoms with Gasteiger partial charge in [-0.25, -0.2) is 13.6 Å². The van der Waals surface area contributed by atoms with Gasteiger partial charge in [0.2, 0.25) is 0 Å². The zero-order chi connectivity index (χ0) is 16.4. The standard InChI is InChI=1S/C17H16F2N2O2/c1-20-9-14-10-21(17(22)23-14)13-5-6-15(16(19)8-13)11-3-2-4-12(18)7-11/h2-8,14,20H,9-10H2,1H3. The molecule has 0 radical (unpaired) electrons. The van der Waals surface area contributed by atoms with Crippen LogP contribution in [0.15, 0.2) is 42.5 Å². The van der Waals surface area contributed by atoms with E-state index in [1.807, 2.05) is 0 Å². The summed E-state index contributed by atoms with van der Waals surface area (Å²) in [6.45, 7) is 0.893. The van der Waals surface area contributed by atoms with Gasteiger partial charge >= 0.3 is 6.09 Å². The van der Waals surface area contributed by atoms with Gasteiger partial charge in [0.1, 0.15) is 17.7 Å². The Morgan fingerprint density at radius 3 is 2.78 bits per heavy atom. The Labute approximate surface area is 132 Å². The summed E-state index contributed by atoms with van der Waals surface area (Å²) in [6, 6.07) is 10.2. The van der Waals surface area contributed by atoms with E-state index in [-0.39, 0.29) is 11.7 Å². The molecule has 0 saturated carbocycles. The summed E-state index contributed by atoms with van der Waals surface area (Å²) in [5, 5.41) is 2.94. The molecule has 1 unspecified atom stereocenters. The molecule has 120 valence electrons. The van der Waals surface area contributed by atoms with Crippen molar-refractivity contribution in [3.63, 3.8) is 0 Å². The normalized spacial score (nSPS) is 17.4. The summed E-state index contributed by atoms with van der Waals surface area (Å²) in [7, 11) is 1.77. The summed E-state index contributed by atoms with van der Waals surface area (Å²) >= 11 is 0. The van der Waals surface area contributed by atoms with E-state index in [9.17, 15) is 13.6 Å². The second-order valence-corrected chi connectivity index (χ2v) is 5.35. The van der Waals surface area contributed by atoms with Crippen molar-refractivity contribution in [2.24, 2.45) is 0 Å². The molecule has 1 fully saturated rings. The first-order valence-electron chi connectivity index (χ1n) is 7.26. The van der Waals surface area contributed by atoms with Gasteiger partial charge in [-0.2, -0.15) is 0 Å². The van der Waals surface area contributed by atoms with Crippen LogP contribution in [0.25, 0.3) is 11.1 Å². The highest BCUT2D eigenvalue weighted by Gasteiger charge is 2.32. The monoisotopic (exact) mass is 318 g/mol. The first-order valence-corrected chi connectivity index (χ1v) is 7.26. The molecule has 0 aliphatic carbocycles. The summed E-state index contributed by atoms with van der Waals surface area (Å²) in [5.74, 6) is -0.943. The number of amides is 1. The second kappa shape index (κ2) is 6.34. The molecule has 2 aromatic carbocycles. The summed E-state index contributed by atoms with van der Waals surface area (Å²) in [5.41, 5.74) is 1.16. The van der Waals surface area contributed by atoms with Crippen molar-refractivity contribution in [1.82, 2.24) is 5.32 Å². The highest BCUT2D eigenvalue weighted by molar-refractivity contribution is 5.90. The third-order valence-electron chi connectivity index (χ3n) is 3.71. The Hall–Kier alpha value is -2.47. The van der Waals surface area contributed by atoms with Crippen molar-refractivity contribution < 1.29 is 18.3 Å². The maximum atomic E-state index is 14.4. The van der Waals surface area contributed by atoms with Crippen molar-refractivity contribution in [3.8, 4) is 11.1 Å². The van der Waals surface area contributed by atoms with Crippen LogP contribution in [-0.2, 0) is 4.74 Å². The maximum Gasteiger partial charge on any atom is 0.414 e. The molecule has 6 heteroatoms. The fraction of sp³-hybridized carbons (Fsp3) is 0.235. The molecule has 1 aliphatic rings. The Kier molecular flexibility index (Phi) is 4.25. The van der Waals surface area contributed by atoms with Crippen LogP contribution in [0.2, 0.25) is 0 Å². The summed E-state index contributed by atoms with van der Waals surface area (Å²) in [6.07, 6.45) is -0.762. The van der Waals surface area contributed by atoms with E-state index in [0.717, 1.165) is 0 Å². The van der Waals surface area contributed by atoms with Gasteiger partial charge in [0.25, 0.3) is 0 Å². The first-order chi connectivity index (χ1) is 11.1. The van der Waals surface area contributed by atoms with Crippen LogP contribution in [0.5, 0.6) is 0 Å². The number of anilines is 1. The molecular weight excluding hydrogens is 302 g/mol. The Morgan fingerprint density at radius 1 is 1.26 bits per heavy atom. The van der Waals surface area contributed by atoms with Crippen LogP contribution in [0.1, 0.15) is 0 Å². The second-order valence-electron chi connectivity index (χ2n) is 5.35. The lowest BCUT2D eigenvalue weighted by Gasteiger charge is -2.14. The number of rotatable bonds is 4. The smallest absolute Gasteiger partial charge is 0.414 e. The van der Waals surface area contributed by atoms with Crippen LogP contribution in [0.4, 0.5) is 19.3 Å². The number of hydrogen-bond acceptors (Lipinski definition) is 3. The molecule has 0 bridgehead atoms. The van der Waals surface area contributed by atoms with E-state index in [1.54, 1.807) is 19.2 Å². The molecule has 3 rings (SSSR count). The van der Waals surface area contributed by atoms with Gasteiger partial charge in [-0.15, -0.1) is 0 Å². The van der Waals surface area contributed by atoms with E-state index in [1.165, 1.54) is 35.2 Å². The topological polar surface area (TPSA) is 41.6 Å². The minimum absolute atomic E-state index is 0.265. The Balaban J connectivity index is 1.86. The zero-order valence-corrected chi connectivity index (χ0v) is 12.6. The van der Waals surface area contributed by atoms with Gasteiger partial charge in [-0.05, 0) is 42.9 Å². The molecule has 0 aromatic heterocycles. The number of cyclic esters (lactones) is 1. The van der Waals surface area contributed by atoms with Gasteiger partial charge in [-0.1, -0.05) is 12.1 Å². The van der Waals surface area contributed by atoms with Gasteiger partial charge in [0.05, 0.1) is 12.2 Å². The van der Waals surface area contributed by atoms with Gasteiger partial charge in [0.15, 0.2) is 0 Å². The molecule has 1 N–H and O–H groups in total. The van der Waals surface area contributed by atoms with Crippen molar-refractivity contribution >= 4 is 11.8 Å². The summed E-state index contributed by atoms with van der Waals surface area (Å²) in [4.78, 5) is 13.3. The molecule has 0 spiro atoms. The van der Waals surface area contributed by atoms with Crippen molar-refractivity contribution in [1.29, 1.82) is 0 Å². The number of ether oxygens (including phenoxy) is 1. The first kappa shape index (κ1) is 15.4. The number of nitrogens with zero attached hydrogens (tertiary/aromatic N) is 1. The van der Waals surface area contributed by atoms with Crippen LogP contribution >= 0.6 is 0 Å². The highest BCUT2D eigenvalue weighted by atomic mass is 19.1. The van der Waals surface area contributed by atoms with Crippen LogP contribution in [-0.4, -0.2) is 32.3 Å². The van der Waals surface area contributed by atoms with E-state index in [2.05, 4.69) is 5.32 Å². The summed E-state index contributed by atoms with van der Waals surface area (Å²) < 4.78 is 32.8. The molecule has 1 saturated heterocycles. The lowest BCUT2D eigenvalue weighted by molar-refractivity contribution is 0.141. The third-order valence-corrected chi connectivity index (χ3v) is 3.71. The quantitative estimate of drug-likeness (QED) is 0.941. The Bertz CT molecular complexity index is 736. The fourth-order valence-electron chi connectivity index (χ4n) is 2.63. The molecule has 2 aromatic rings. The number of nitrogens with one attached hydrogen (secondary N) is 1. The molecular formula is C17H16F2N2O2. The number of benzene rings is 2. The fourth-order valence-corrected chi connectivity index (χ4v) is 2.63. The number of hydrogen-bond donors (Lipinski definition) is 1. The lowest BCUT2D eigenvalue weighted by atomic mass is 10.0. The number of halogens is 2. The highest BCUT2D eigenvalue weighted by Crippen LogP contribution is 2.29. The predicted molar refractivity (Wildman–Crippen MR) is 83.3 cm³/mol. The SMILES string of the molecule is CNCC1CN(c2ccc(-c3cccc(F)c3)c(F)c2)C(=O)O1. The van der Waals surface area contributed by atoms with E-state index in [4.69, 9.17) is 4.74 Å². The van der Waals surface area contributed by atoms with Crippen LogP contribution < -0.4 is 10.2 Å². The van der Waals surface area contributed by atoms with Crippen molar-refractivity contribution in [2.75, 3.05) is 25.0 Å². The minimum Gasteiger partial charge on any atom is -0.443 e. The van der Waals surface area contributed by atoms with E-state index in [0.29, 0.717) is 24.3 Å². The molecule has 1 heterocycles. The molecule has 1 aliphatic heterocycles. The largest absolute Gasteiger partial charge is 0.443 e. The average molecular weight is 318 g/mol. The predicted octanol–water partition coefficient (Wildman–Crippen LogP) is 3.18. The maximum absolute atomic E-state index is 14.4. The van der Waals surface area contributed by atoms with Crippen LogP contribution in [0, 0.1) is 11.6 Å². The van der Waals surface area contributed by atoms with Crippen molar-refractivity contribution in [3.05, 3.63) is 54.1 Å². The number of carbonyl (C=O) groups is 1. The zero-order valence-electron chi connectivity index (χ0n) is 12.6. The number of carbonyl (C=O) groups excluding carboxylic acids is 1. The Morgan fingerprint density at radius 2 is 2.09 bits per heavy atom. The lowest BCUT2D eigenvalue weighted by Crippen LogP contribution is -2.29. The van der Waals surface area contributed by atoms with Crippen molar-refractivity contribution in [2.45, 2.75) is 6.10 Å². The third kappa shape index (κ3) is 3.17. The van der Waals surface area contributed by atoms with Crippen LogP contribution in [0.3, 0.4) is 0 Å². The van der Waals surface area contributed by atoms with E-state index < -0.39 is 17.7 Å². The minimum atomic E-state index is -0.516. The molecule has 1 atom stereocenters. The number of likely N-dealkylation sites (N-methyl/N-ethyl adjacent to an activating group) is 1.